The van der Waals surface area contributed by atoms with Crippen molar-refractivity contribution in [2.75, 3.05) is 46.4 Å². The Hall–Kier alpha value is -3.33. The Balaban J connectivity index is 1.31. The van der Waals surface area contributed by atoms with Crippen molar-refractivity contribution in [3.63, 3.8) is 0 Å². The molecule has 0 amide bonds. The summed E-state index contributed by atoms with van der Waals surface area (Å²) in [6, 6.07) is 23.5. The molecule has 0 atom stereocenters. The van der Waals surface area contributed by atoms with E-state index in [4.69, 9.17) is 9.47 Å². The van der Waals surface area contributed by atoms with Gasteiger partial charge in [0.25, 0.3) is 0 Å². The predicted molar refractivity (Wildman–Crippen MR) is 148 cm³/mol. The Morgan fingerprint density at radius 1 is 0.784 bits per heavy atom. The number of likely N-dealkylation sites (tertiary alicyclic amines) is 2. The summed E-state index contributed by atoms with van der Waals surface area (Å²) in [5.74, 6) is 1.74. The van der Waals surface area contributed by atoms with Gasteiger partial charge in [0.2, 0.25) is 0 Å². The van der Waals surface area contributed by atoms with Gasteiger partial charge in [-0.15, -0.1) is 0 Å². The molecule has 2 heterocycles. The van der Waals surface area contributed by atoms with Gasteiger partial charge in [0.15, 0.2) is 0 Å². The standard InChI is InChI=1S/C32H37N3O2/c1-36-31-13-10-27(20-25-6-7-28(29(21-25)23-33)24-35-16-4-5-17-35)32(22-31)26-8-11-30(12-9-26)37-19-18-34-14-2-3-15-34/h6-13,21-22H,2-5,14-20,24H2,1H3. The third-order valence-electron chi connectivity index (χ3n) is 7.64. The van der Waals surface area contributed by atoms with E-state index in [0.717, 1.165) is 78.5 Å². The lowest BCUT2D eigenvalue weighted by molar-refractivity contribution is 0.238. The number of hydrogen-bond donors (Lipinski definition) is 0. The average molecular weight is 496 g/mol. The van der Waals surface area contributed by atoms with Gasteiger partial charge in [-0.05, 0) is 116 Å². The second kappa shape index (κ2) is 12.3. The van der Waals surface area contributed by atoms with Crippen LogP contribution in [0.25, 0.3) is 11.1 Å². The van der Waals surface area contributed by atoms with Gasteiger partial charge in [0, 0.05) is 13.1 Å². The number of benzene rings is 3. The Morgan fingerprint density at radius 3 is 2.16 bits per heavy atom. The minimum absolute atomic E-state index is 0.721. The fraction of sp³-hybridized carbons (Fsp3) is 0.406. The first-order chi connectivity index (χ1) is 18.2. The Morgan fingerprint density at radius 2 is 1.46 bits per heavy atom. The van der Waals surface area contributed by atoms with Gasteiger partial charge in [0.05, 0.1) is 18.7 Å². The van der Waals surface area contributed by atoms with Crippen LogP contribution in [0.5, 0.6) is 11.5 Å². The summed E-state index contributed by atoms with van der Waals surface area (Å²) in [5.41, 5.74) is 6.54. The number of nitrogens with zero attached hydrogens (tertiary/aromatic N) is 3. The molecule has 0 N–H and O–H groups in total. The molecule has 0 aromatic heterocycles. The number of rotatable bonds is 10. The molecular weight excluding hydrogens is 458 g/mol. The molecule has 5 heteroatoms. The van der Waals surface area contributed by atoms with Crippen LogP contribution in [-0.2, 0) is 13.0 Å². The van der Waals surface area contributed by atoms with Crippen molar-refractivity contribution in [1.82, 2.24) is 9.80 Å². The molecule has 2 aliphatic heterocycles. The maximum Gasteiger partial charge on any atom is 0.119 e. The van der Waals surface area contributed by atoms with E-state index in [1.807, 2.05) is 6.07 Å². The lowest BCUT2D eigenvalue weighted by atomic mass is 9.93. The van der Waals surface area contributed by atoms with Crippen LogP contribution < -0.4 is 9.47 Å². The summed E-state index contributed by atoms with van der Waals surface area (Å²) >= 11 is 0. The highest BCUT2D eigenvalue weighted by Gasteiger charge is 2.15. The van der Waals surface area contributed by atoms with Gasteiger partial charge in [-0.2, -0.15) is 5.26 Å². The maximum absolute atomic E-state index is 9.83. The first-order valence-corrected chi connectivity index (χ1v) is 13.6. The highest BCUT2D eigenvalue weighted by molar-refractivity contribution is 5.70. The van der Waals surface area contributed by atoms with Crippen LogP contribution in [0.15, 0.2) is 60.7 Å². The average Bonchev–Trinajstić information content (AvgIpc) is 3.65. The van der Waals surface area contributed by atoms with Crippen LogP contribution in [0.3, 0.4) is 0 Å². The van der Waals surface area contributed by atoms with Crippen LogP contribution in [0.4, 0.5) is 0 Å². The molecule has 0 bridgehead atoms. The fourth-order valence-electron chi connectivity index (χ4n) is 5.51. The highest BCUT2D eigenvalue weighted by atomic mass is 16.5. The predicted octanol–water partition coefficient (Wildman–Crippen LogP) is 5.90. The summed E-state index contributed by atoms with van der Waals surface area (Å²) < 4.78 is 11.6. The second-order valence-corrected chi connectivity index (χ2v) is 10.2. The van der Waals surface area contributed by atoms with Gasteiger partial charge in [-0.3, -0.25) is 9.80 Å². The normalized spacial score (nSPS) is 16.1. The monoisotopic (exact) mass is 495 g/mol. The molecule has 0 aliphatic carbocycles. The van der Waals surface area contributed by atoms with Gasteiger partial charge in [-0.1, -0.05) is 30.3 Å². The molecule has 3 aromatic carbocycles. The lowest BCUT2D eigenvalue weighted by Gasteiger charge is -2.17. The van der Waals surface area contributed by atoms with E-state index in [-0.39, 0.29) is 0 Å². The Bertz CT molecular complexity index is 1220. The second-order valence-electron chi connectivity index (χ2n) is 10.2. The van der Waals surface area contributed by atoms with Crippen molar-refractivity contribution in [2.24, 2.45) is 0 Å². The topological polar surface area (TPSA) is 48.7 Å². The molecule has 2 saturated heterocycles. The molecule has 3 aromatic rings. The van der Waals surface area contributed by atoms with Crippen LogP contribution >= 0.6 is 0 Å². The SMILES string of the molecule is COc1ccc(Cc2ccc(CN3CCCC3)c(C#N)c2)c(-c2ccc(OCCN3CCCC3)cc2)c1. The first kappa shape index (κ1) is 25.3. The minimum Gasteiger partial charge on any atom is -0.497 e. The third-order valence-corrected chi connectivity index (χ3v) is 7.64. The fourth-order valence-corrected chi connectivity index (χ4v) is 5.51. The number of nitriles is 1. The molecule has 0 saturated carbocycles. The summed E-state index contributed by atoms with van der Waals surface area (Å²) in [6.07, 6.45) is 5.88. The summed E-state index contributed by atoms with van der Waals surface area (Å²) in [7, 11) is 1.70. The van der Waals surface area contributed by atoms with Gasteiger partial charge < -0.3 is 9.47 Å². The van der Waals surface area contributed by atoms with Crippen LogP contribution in [0.1, 0.15) is 47.9 Å². The zero-order valence-electron chi connectivity index (χ0n) is 21.9. The molecule has 2 aliphatic rings. The van der Waals surface area contributed by atoms with Crippen molar-refractivity contribution in [2.45, 2.75) is 38.6 Å². The van der Waals surface area contributed by atoms with E-state index < -0.39 is 0 Å². The van der Waals surface area contributed by atoms with Gasteiger partial charge >= 0.3 is 0 Å². The zero-order valence-corrected chi connectivity index (χ0v) is 21.9. The van der Waals surface area contributed by atoms with E-state index in [1.54, 1.807) is 7.11 Å². The molecule has 5 nitrogen and oxygen atoms in total. The van der Waals surface area contributed by atoms with Gasteiger partial charge in [0.1, 0.15) is 18.1 Å². The molecule has 5 rings (SSSR count). The molecular formula is C32H37N3O2. The molecule has 0 unspecified atom stereocenters. The quantitative estimate of drug-likeness (QED) is 0.351. The largest absolute Gasteiger partial charge is 0.497 e. The molecule has 2 fully saturated rings. The molecule has 0 radical (unpaired) electrons. The van der Waals surface area contributed by atoms with E-state index in [9.17, 15) is 5.26 Å². The molecule has 192 valence electrons. The molecule has 37 heavy (non-hydrogen) atoms. The Labute approximate surface area is 221 Å². The first-order valence-electron chi connectivity index (χ1n) is 13.6. The highest BCUT2D eigenvalue weighted by Crippen LogP contribution is 2.31. The third kappa shape index (κ3) is 6.52. The van der Waals surface area contributed by atoms with Crippen LogP contribution in [-0.4, -0.2) is 56.2 Å². The van der Waals surface area contributed by atoms with E-state index in [0.29, 0.717) is 0 Å². The number of methoxy groups -OCH3 is 1. The Kier molecular flexibility index (Phi) is 8.40. The number of hydrogen-bond acceptors (Lipinski definition) is 5. The minimum atomic E-state index is 0.721. The number of ether oxygens (including phenoxy) is 2. The van der Waals surface area contributed by atoms with Crippen molar-refractivity contribution >= 4 is 0 Å². The smallest absolute Gasteiger partial charge is 0.119 e. The summed E-state index contributed by atoms with van der Waals surface area (Å²) in [5, 5.41) is 9.83. The molecule has 0 spiro atoms. The van der Waals surface area contributed by atoms with Crippen LogP contribution in [0, 0.1) is 11.3 Å². The van der Waals surface area contributed by atoms with Crippen molar-refractivity contribution in [3.05, 3.63) is 82.9 Å². The lowest BCUT2D eigenvalue weighted by Crippen LogP contribution is -2.25. The van der Waals surface area contributed by atoms with E-state index >= 15 is 0 Å². The van der Waals surface area contributed by atoms with Gasteiger partial charge in [-0.25, -0.2) is 0 Å². The van der Waals surface area contributed by atoms with E-state index in [1.165, 1.54) is 44.3 Å². The van der Waals surface area contributed by atoms with Crippen molar-refractivity contribution in [3.8, 4) is 28.7 Å². The summed E-state index contributed by atoms with van der Waals surface area (Å²) in [6.45, 7) is 7.22. The zero-order chi connectivity index (χ0) is 25.5. The van der Waals surface area contributed by atoms with Crippen LogP contribution in [0.2, 0.25) is 0 Å². The van der Waals surface area contributed by atoms with Crippen molar-refractivity contribution in [1.29, 1.82) is 5.26 Å². The maximum atomic E-state index is 9.83. The summed E-state index contributed by atoms with van der Waals surface area (Å²) in [4.78, 5) is 4.91. The van der Waals surface area contributed by atoms with Crippen molar-refractivity contribution < 1.29 is 9.47 Å². The van der Waals surface area contributed by atoms with E-state index in [2.05, 4.69) is 70.5 Å².